The zero-order chi connectivity index (χ0) is 12.4. The van der Waals surface area contributed by atoms with Crippen molar-refractivity contribution in [2.45, 2.75) is 5.25 Å². The lowest BCUT2D eigenvalue weighted by molar-refractivity contribution is 0.627. The monoisotopic (exact) mass is 257 g/mol. The molecular weight excluding hydrogens is 245 g/mol. The van der Waals surface area contributed by atoms with Crippen molar-refractivity contribution in [2.75, 3.05) is 6.54 Å². The Kier molecular flexibility index (Phi) is 3.15. The fourth-order valence-electron chi connectivity index (χ4n) is 1.97. The van der Waals surface area contributed by atoms with E-state index in [-0.39, 0.29) is 5.82 Å². The first-order valence-electron chi connectivity index (χ1n) is 5.85. The van der Waals surface area contributed by atoms with Crippen LogP contribution in [0.1, 0.15) is 16.4 Å². The molecule has 0 bridgehead atoms. The van der Waals surface area contributed by atoms with Crippen LogP contribution in [0.4, 0.5) is 4.39 Å². The van der Waals surface area contributed by atoms with Gasteiger partial charge in [-0.15, -0.1) is 0 Å². The van der Waals surface area contributed by atoms with Gasteiger partial charge in [0.1, 0.15) is 5.82 Å². The van der Waals surface area contributed by atoms with Gasteiger partial charge in [-0.3, -0.25) is 4.99 Å². The van der Waals surface area contributed by atoms with E-state index in [1.807, 2.05) is 30.3 Å². The molecule has 0 spiro atoms. The predicted octanol–water partition coefficient (Wildman–Crippen LogP) is 4.06. The van der Waals surface area contributed by atoms with Crippen LogP contribution in [0.15, 0.2) is 59.6 Å². The Labute approximate surface area is 110 Å². The number of benzene rings is 2. The van der Waals surface area contributed by atoms with E-state index in [0.717, 1.165) is 22.7 Å². The quantitative estimate of drug-likeness (QED) is 0.790. The molecule has 0 saturated heterocycles. The second kappa shape index (κ2) is 4.94. The van der Waals surface area contributed by atoms with Gasteiger partial charge in [-0.05, 0) is 17.7 Å². The lowest BCUT2D eigenvalue weighted by Gasteiger charge is -2.08. The number of hydrogen-bond acceptors (Lipinski definition) is 2. The van der Waals surface area contributed by atoms with Crippen molar-refractivity contribution in [3.05, 3.63) is 71.5 Å². The van der Waals surface area contributed by atoms with E-state index < -0.39 is 0 Å². The molecule has 1 unspecified atom stereocenters. The highest BCUT2D eigenvalue weighted by molar-refractivity contribution is 8.14. The van der Waals surface area contributed by atoms with Crippen LogP contribution < -0.4 is 0 Å². The molecule has 2 aromatic rings. The molecule has 0 amide bonds. The maximum atomic E-state index is 12.9. The fourth-order valence-corrected chi connectivity index (χ4v) is 3.10. The molecule has 0 N–H and O–H groups in total. The van der Waals surface area contributed by atoms with E-state index in [1.165, 1.54) is 12.1 Å². The van der Waals surface area contributed by atoms with Crippen molar-refractivity contribution >= 4 is 16.8 Å². The normalized spacial score (nSPS) is 18.7. The summed E-state index contributed by atoms with van der Waals surface area (Å²) in [5, 5.41) is 1.38. The molecule has 0 aliphatic carbocycles. The van der Waals surface area contributed by atoms with Crippen LogP contribution >= 0.6 is 11.8 Å². The van der Waals surface area contributed by atoms with Gasteiger partial charge < -0.3 is 0 Å². The second-order valence-electron chi connectivity index (χ2n) is 4.17. The third kappa shape index (κ3) is 2.31. The molecular formula is C15H12FNS. The van der Waals surface area contributed by atoms with Crippen molar-refractivity contribution < 1.29 is 4.39 Å². The molecule has 18 heavy (non-hydrogen) atoms. The summed E-state index contributed by atoms with van der Waals surface area (Å²) in [7, 11) is 0. The molecule has 1 aliphatic rings. The van der Waals surface area contributed by atoms with Crippen LogP contribution in [0.3, 0.4) is 0 Å². The molecule has 1 nitrogen and oxygen atoms in total. The third-order valence-corrected chi connectivity index (χ3v) is 4.21. The molecule has 1 atom stereocenters. The molecule has 0 aromatic heterocycles. The average molecular weight is 257 g/mol. The van der Waals surface area contributed by atoms with E-state index in [9.17, 15) is 4.39 Å². The van der Waals surface area contributed by atoms with Gasteiger partial charge in [0.25, 0.3) is 0 Å². The first kappa shape index (κ1) is 11.5. The van der Waals surface area contributed by atoms with E-state index in [2.05, 4.69) is 17.1 Å². The Morgan fingerprint density at radius 3 is 2.44 bits per heavy atom. The molecule has 3 rings (SSSR count). The Bertz CT molecular complexity index is 563. The maximum Gasteiger partial charge on any atom is 0.123 e. The highest BCUT2D eigenvalue weighted by Crippen LogP contribution is 2.37. The van der Waals surface area contributed by atoms with Crippen molar-refractivity contribution in [1.82, 2.24) is 0 Å². The summed E-state index contributed by atoms with van der Waals surface area (Å²) in [6.07, 6.45) is 0. The highest BCUT2D eigenvalue weighted by Gasteiger charge is 2.21. The predicted molar refractivity (Wildman–Crippen MR) is 74.6 cm³/mol. The number of aliphatic imine (C=N–C) groups is 1. The average Bonchev–Trinajstić information content (AvgIpc) is 2.90. The Balaban J connectivity index is 1.76. The SMILES string of the molecule is Fc1ccc(C2CN=C(c3ccccc3)S2)cc1. The van der Waals surface area contributed by atoms with Gasteiger partial charge in [0.05, 0.1) is 16.8 Å². The Morgan fingerprint density at radius 2 is 1.72 bits per heavy atom. The minimum absolute atomic E-state index is 0.189. The first-order valence-corrected chi connectivity index (χ1v) is 6.73. The van der Waals surface area contributed by atoms with E-state index in [0.29, 0.717) is 5.25 Å². The number of hydrogen-bond donors (Lipinski definition) is 0. The van der Waals surface area contributed by atoms with Gasteiger partial charge in [-0.2, -0.15) is 0 Å². The van der Waals surface area contributed by atoms with Gasteiger partial charge in [0.2, 0.25) is 0 Å². The number of halogens is 1. The van der Waals surface area contributed by atoms with E-state index in [4.69, 9.17) is 0 Å². The molecule has 1 heterocycles. The van der Waals surface area contributed by atoms with Gasteiger partial charge in [0, 0.05) is 5.56 Å². The molecule has 0 radical (unpaired) electrons. The lowest BCUT2D eigenvalue weighted by Crippen LogP contribution is -1.95. The van der Waals surface area contributed by atoms with Crippen molar-refractivity contribution in [1.29, 1.82) is 0 Å². The summed E-state index contributed by atoms with van der Waals surface area (Å²) in [5.74, 6) is -0.189. The third-order valence-electron chi connectivity index (χ3n) is 2.92. The minimum Gasteiger partial charge on any atom is -0.276 e. The Hall–Kier alpha value is -1.61. The minimum atomic E-state index is -0.189. The molecule has 1 aliphatic heterocycles. The summed E-state index contributed by atoms with van der Waals surface area (Å²) in [5.41, 5.74) is 2.29. The van der Waals surface area contributed by atoms with E-state index >= 15 is 0 Å². The van der Waals surface area contributed by atoms with Crippen LogP contribution in [0, 0.1) is 5.82 Å². The summed E-state index contributed by atoms with van der Waals surface area (Å²) in [6.45, 7) is 0.764. The van der Waals surface area contributed by atoms with Crippen molar-refractivity contribution in [3.8, 4) is 0 Å². The highest BCUT2D eigenvalue weighted by atomic mass is 32.2. The topological polar surface area (TPSA) is 12.4 Å². The van der Waals surface area contributed by atoms with Crippen molar-refractivity contribution in [2.24, 2.45) is 4.99 Å². The van der Waals surface area contributed by atoms with Gasteiger partial charge in [-0.1, -0.05) is 54.2 Å². The van der Waals surface area contributed by atoms with Crippen molar-refractivity contribution in [3.63, 3.8) is 0 Å². The summed E-state index contributed by atoms with van der Waals surface area (Å²) >= 11 is 1.75. The molecule has 0 saturated carbocycles. The largest absolute Gasteiger partial charge is 0.276 e. The smallest absolute Gasteiger partial charge is 0.123 e. The zero-order valence-electron chi connectivity index (χ0n) is 9.71. The van der Waals surface area contributed by atoms with Crippen LogP contribution in [-0.4, -0.2) is 11.6 Å². The van der Waals surface area contributed by atoms with Gasteiger partial charge >= 0.3 is 0 Å². The fraction of sp³-hybridized carbons (Fsp3) is 0.133. The van der Waals surface area contributed by atoms with E-state index in [1.54, 1.807) is 11.8 Å². The zero-order valence-corrected chi connectivity index (χ0v) is 10.5. The van der Waals surface area contributed by atoms with Crippen LogP contribution in [0.25, 0.3) is 0 Å². The molecule has 2 aromatic carbocycles. The first-order chi connectivity index (χ1) is 8.83. The summed E-state index contributed by atoms with van der Waals surface area (Å²) < 4.78 is 12.9. The van der Waals surface area contributed by atoms with Gasteiger partial charge in [-0.25, -0.2) is 4.39 Å². The van der Waals surface area contributed by atoms with Crippen LogP contribution in [-0.2, 0) is 0 Å². The maximum absolute atomic E-state index is 12.9. The second-order valence-corrected chi connectivity index (χ2v) is 5.36. The number of thioether (sulfide) groups is 1. The molecule has 3 heteroatoms. The number of rotatable bonds is 2. The van der Waals surface area contributed by atoms with Crippen LogP contribution in [0.2, 0.25) is 0 Å². The van der Waals surface area contributed by atoms with Crippen LogP contribution in [0.5, 0.6) is 0 Å². The molecule has 90 valence electrons. The Morgan fingerprint density at radius 1 is 1.00 bits per heavy atom. The standard InChI is InChI=1S/C15H12FNS/c16-13-8-6-11(7-9-13)14-10-17-15(18-14)12-4-2-1-3-5-12/h1-9,14H,10H2. The molecule has 0 fully saturated rings. The lowest BCUT2D eigenvalue weighted by atomic mass is 10.1. The summed E-state index contributed by atoms with van der Waals surface area (Å²) in [4.78, 5) is 4.57. The van der Waals surface area contributed by atoms with Gasteiger partial charge in [0.15, 0.2) is 0 Å². The summed E-state index contributed by atoms with van der Waals surface area (Å²) in [6, 6.07) is 16.9. The number of nitrogens with zero attached hydrogens (tertiary/aromatic N) is 1.